The molecule has 1 aromatic heterocycles. The lowest BCUT2D eigenvalue weighted by Crippen LogP contribution is -2.55. The Bertz CT molecular complexity index is 2030. The zero-order valence-corrected chi connectivity index (χ0v) is 27.6. The monoisotopic (exact) mass is 695 g/mol. The molecule has 254 valence electrons. The van der Waals surface area contributed by atoms with E-state index in [-0.39, 0.29) is 12.1 Å². The van der Waals surface area contributed by atoms with E-state index >= 15 is 0 Å². The summed E-state index contributed by atoms with van der Waals surface area (Å²) in [6.07, 6.45) is -1.63. The van der Waals surface area contributed by atoms with E-state index in [1.165, 1.54) is 28.8 Å². The Kier molecular flexibility index (Phi) is 10.2. The number of amides is 3. The van der Waals surface area contributed by atoms with Gasteiger partial charge < -0.3 is 10.6 Å². The van der Waals surface area contributed by atoms with Crippen molar-refractivity contribution in [3.05, 3.63) is 155 Å². The number of benzene rings is 4. The topological polar surface area (TPSA) is 96.3 Å². The largest absolute Gasteiger partial charge is 0.416 e. The van der Waals surface area contributed by atoms with Gasteiger partial charge in [0.2, 0.25) is 5.91 Å². The number of halogens is 3. The highest BCUT2D eigenvalue weighted by atomic mass is 32.2. The number of thioether (sulfide) groups is 1. The molecule has 2 atom stereocenters. The molecule has 6 rings (SSSR count). The molecule has 0 saturated carbocycles. The molecular formula is C38H32F3N5O3S. The highest BCUT2D eigenvalue weighted by Gasteiger charge is 2.45. The third-order valence-corrected chi connectivity index (χ3v) is 9.07. The number of rotatable bonds is 10. The van der Waals surface area contributed by atoms with Crippen LogP contribution in [0, 0.1) is 0 Å². The van der Waals surface area contributed by atoms with Gasteiger partial charge in [0, 0.05) is 41.1 Å². The highest BCUT2D eigenvalue weighted by Crippen LogP contribution is 2.43. The van der Waals surface area contributed by atoms with E-state index in [0.29, 0.717) is 34.1 Å². The molecule has 0 aliphatic carbocycles. The maximum Gasteiger partial charge on any atom is 0.416 e. The molecule has 4 aromatic carbocycles. The number of anilines is 2. The average Bonchev–Trinajstić information content (AvgIpc) is 3.56. The van der Waals surface area contributed by atoms with Crippen LogP contribution >= 0.6 is 11.8 Å². The van der Waals surface area contributed by atoms with E-state index in [1.807, 2.05) is 60.7 Å². The summed E-state index contributed by atoms with van der Waals surface area (Å²) in [5.74, 6) is -1.45. The Balaban J connectivity index is 1.38. The number of hydrogen-bond donors (Lipinski definition) is 2. The maximum atomic E-state index is 14.4. The summed E-state index contributed by atoms with van der Waals surface area (Å²) in [5.41, 5.74) is 2.07. The van der Waals surface area contributed by atoms with E-state index in [0.717, 1.165) is 23.8 Å². The lowest BCUT2D eigenvalue weighted by Gasteiger charge is -2.38. The van der Waals surface area contributed by atoms with Crippen LogP contribution in [-0.4, -0.2) is 40.1 Å². The van der Waals surface area contributed by atoms with Gasteiger partial charge in [0.05, 0.1) is 17.4 Å². The van der Waals surface area contributed by atoms with Crippen molar-refractivity contribution in [2.24, 2.45) is 0 Å². The molecule has 2 N–H and O–H groups in total. The Morgan fingerprint density at radius 3 is 2.32 bits per heavy atom. The normalized spacial score (nSPS) is 15.9. The van der Waals surface area contributed by atoms with Gasteiger partial charge in [-0.15, -0.1) is 11.8 Å². The Morgan fingerprint density at radius 2 is 1.60 bits per heavy atom. The Labute approximate surface area is 291 Å². The van der Waals surface area contributed by atoms with Crippen LogP contribution in [0.25, 0.3) is 5.69 Å². The zero-order valence-electron chi connectivity index (χ0n) is 26.8. The molecule has 0 bridgehead atoms. The van der Waals surface area contributed by atoms with Crippen LogP contribution in [0.2, 0.25) is 0 Å². The number of nitrogens with zero attached hydrogens (tertiary/aromatic N) is 3. The van der Waals surface area contributed by atoms with Crippen LogP contribution in [0.3, 0.4) is 0 Å². The molecule has 50 heavy (non-hydrogen) atoms. The van der Waals surface area contributed by atoms with Crippen molar-refractivity contribution in [3.8, 4) is 5.69 Å². The number of fused-ring (bicyclic) bond motifs is 1. The van der Waals surface area contributed by atoms with E-state index in [2.05, 4.69) is 15.7 Å². The third kappa shape index (κ3) is 7.35. The van der Waals surface area contributed by atoms with Crippen molar-refractivity contribution in [2.45, 2.75) is 30.8 Å². The quantitative estimate of drug-likeness (QED) is 0.147. The number of likely N-dealkylation sites (N-methyl/N-ethyl adjacent to an activating group) is 1. The molecular weight excluding hydrogens is 664 g/mol. The number of carbonyl (C=O) groups excluding carboxylic acids is 3. The van der Waals surface area contributed by atoms with Crippen molar-refractivity contribution >= 4 is 41.0 Å². The summed E-state index contributed by atoms with van der Waals surface area (Å²) < 4.78 is 42.2. The molecule has 2 heterocycles. The molecule has 8 nitrogen and oxygen atoms in total. The standard InChI is InChI=1S/C38H32F3N5O3S/c1-2-45-36-30(23-42-46(36)28-16-7-4-8-17-28)33(34(37(45)49)44-35(48)26-14-11-15-27(22-26)38(39,40)41)29-18-9-10-19-31(29)43-32(47)20-21-50-24-25-12-5-3-6-13-25/h3-23,33-34H,2,24H2,1H3,(H,43,47)(H,44,48)/b21-20+/t33-,34+/m0/s1. The first-order valence-corrected chi connectivity index (χ1v) is 16.9. The minimum absolute atomic E-state index is 0.219. The fourth-order valence-corrected chi connectivity index (χ4v) is 6.64. The summed E-state index contributed by atoms with van der Waals surface area (Å²) >= 11 is 1.46. The summed E-state index contributed by atoms with van der Waals surface area (Å²) in [7, 11) is 0. The molecule has 1 aliphatic heterocycles. The number of aromatic nitrogens is 2. The first-order chi connectivity index (χ1) is 24.2. The van der Waals surface area contributed by atoms with Crippen molar-refractivity contribution in [2.75, 3.05) is 16.8 Å². The SMILES string of the molecule is CCN1C(=O)[C@H](NC(=O)c2cccc(C(F)(F)F)c2)[C@@H](c2ccccc2NC(=O)/C=C/SCc2ccccc2)c2cnn(-c3ccccc3)c21. The third-order valence-electron chi connectivity index (χ3n) is 8.25. The predicted octanol–water partition coefficient (Wildman–Crippen LogP) is 7.57. The fraction of sp³-hybridized carbons (Fsp3) is 0.158. The first-order valence-electron chi connectivity index (χ1n) is 15.8. The molecule has 5 aromatic rings. The van der Waals surface area contributed by atoms with E-state index in [1.54, 1.807) is 47.5 Å². The number of carbonyl (C=O) groups is 3. The lowest BCUT2D eigenvalue weighted by atomic mass is 9.81. The second-order valence-corrected chi connectivity index (χ2v) is 12.3. The van der Waals surface area contributed by atoms with Gasteiger partial charge in [-0.1, -0.05) is 72.8 Å². The second kappa shape index (κ2) is 14.9. The summed E-state index contributed by atoms with van der Waals surface area (Å²) in [6, 6.07) is 28.8. The van der Waals surface area contributed by atoms with E-state index in [9.17, 15) is 27.6 Å². The Morgan fingerprint density at radius 1 is 0.900 bits per heavy atom. The van der Waals surface area contributed by atoms with Crippen LogP contribution in [0.4, 0.5) is 24.7 Å². The molecule has 0 radical (unpaired) electrons. The number of alkyl halides is 3. The summed E-state index contributed by atoms with van der Waals surface area (Å²) in [4.78, 5) is 42.6. The molecule has 0 unspecified atom stereocenters. The lowest BCUT2D eigenvalue weighted by molar-refractivity contribution is -0.137. The average molecular weight is 696 g/mol. The minimum Gasteiger partial charge on any atom is -0.339 e. The van der Waals surface area contributed by atoms with Gasteiger partial charge >= 0.3 is 6.18 Å². The summed E-state index contributed by atoms with van der Waals surface area (Å²) in [5, 5.41) is 12.0. The number of nitrogens with one attached hydrogen (secondary N) is 2. The maximum absolute atomic E-state index is 14.4. The molecule has 0 saturated heterocycles. The highest BCUT2D eigenvalue weighted by molar-refractivity contribution is 8.01. The van der Waals surface area contributed by atoms with E-state index in [4.69, 9.17) is 0 Å². The van der Waals surface area contributed by atoms with Crippen LogP contribution in [0.15, 0.2) is 127 Å². The summed E-state index contributed by atoms with van der Waals surface area (Å²) in [6.45, 7) is 2.00. The Hall–Kier alpha value is -5.62. The van der Waals surface area contributed by atoms with Gasteiger partial charge in [0.1, 0.15) is 11.9 Å². The van der Waals surface area contributed by atoms with Crippen LogP contribution in [-0.2, 0) is 21.5 Å². The number of hydrogen-bond acceptors (Lipinski definition) is 5. The first kappa shape index (κ1) is 34.3. The van der Waals surface area contributed by atoms with Crippen LogP contribution in [0.5, 0.6) is 0 Å². The van der Waals surface area contributed by atoms with Crippen molar-refractivity contribution in [1.82, 2.24) is 15.1 Å². The molecule has 12 heteroatoms. The van der Waals surface area contributed by atoms with Gasteiger partial charge in [-0.25, -0.2) is 4.68 Å². The predicted molar refractivity (Wildman–Crippen MR) is 188 cm³/mol. The van der Waals surface area contributed by atoms with Crippen molar-refractivity contribution in [3.63, 3.8) is 0 Å². The van der Waals surface area contributed by atoms with Gasteiger partial charge in [0.25, 0.3) is 11.8 Å². The minimum atomic E-state index is -4.66. The van der Waals surface area contributed by atoms with Gasteiger partial charge in [-0.3, -0.25) is 19.3 Å². The molecule has 0 spiro atoms. The van der Waals surface area contributed by atoms with E-state index < -0.39 is 41.4 Å². The van der Waals surface area contributed by atoms with Gasteiger partial charge in [-0.05, 0) is 59.9 Å². The van der Waals surface area contributed by atoms with Crippen LogP contribution in [0.1, 0.15) is 45.5 Å². The molecule has 1 aliphatic rings. The fourth-order valence-electron chi connectivity index (χ4n) is 5.94. The molecule has 3 amide bonds. The van der Waals surface area contributed by atoms with Gasteiger partial charge in [-0.2, -0.15) is 18.3 Å². The van der Waals surface area contributed by atoms with Crippen molar-refractivity contribution in [1.29, 1.82) is 0 Å². The molecule has 0 fully saturated rings. The smallest absolute Gasteiger partial charge is 0.339 e. The van der Waals surface area contributed by atoms with Crippen LogP contribution < -0.4 is 15.5 Å². The zero-order chi connectivity index (χ0) is 35.3. The van der Waals surface area contributed by atoms with Crippen molar-refractivity contribution < 1.29 is 27.6 Å². The second-order valence-electron chi connectivity index (χ2n) is 11.4. The number of para-hydroxylation sites is 2. The van der Waals surface area contributed by atoms with Gasteiger partial charge in [0.15, 0.2) is 0 Å².